The number of aliphatic carboxylic acids is 1. The summed E-state index contributed by atoms with van der Waals surface area (Å²) in [5.74, 6) is -1.44. The van der Waals surface area contributed by atoms with E-state index in [4.69, 9.17) is 9.47 Å². The Labute approximate surface area is 127 Å². The van der Waals surface area contributed by atoms with Crippen LogP contribution in [0.25, 0.3) is 0 Å². The number of hydrogen-bond donors (Lipinski definition) is 2. The van der Waals surface area contributed by atoms with Crippen LogP contribution in [0.4, 0.5) is 5.69 Å². The Bertz CT molecular complexity index is 625. The molecule has 0 radical (unpaired) electrons. The van der Waals surface area contributed by atoms with Gasteiger partial charge in [-0.3, -0.25) is 9.59 Å². The molecule has 6 nitrogen and oxygen atoms in total. The minimum Gasteiger partial charge on any atom is -0.486 e. The topological polar surface area (TPSA) is 84.9 Å². The Morgan fingerprint density at radius 2 is 1.82 bits per heavy atom. The minimum absolute atomic E-state index is 0.306. The molecule has 0 spiro atoms. The summed E-state index contributed by atoms with van der Waals surface area (Å²) in [6.07, 6.45) is 4.46. The predicted molar refractivity (Wildman–Crippen MR) is 79.1 cm³/mol. The Kier molecular flexibility index (Phi) is 4.00. The number of carboxylic acid groups (broad SMARTS) is 1. The minimum atomic E-state index is -0.945. The van der Waals surface area contributed by atoms with Crippen LogP contribution in [0.5, 0.6) is 11.5 Å². The molecule has 1 amide bonds. The summed E-state index contributed by atoms with van der Waals surface area (Å²) in [4.78, 5) is 23.8. The summed E-state index contributed by atoms with van der Waals surface area (Å²) in [5, 5.41) is 12.0. The Hall–Kier alpha value is -2.50. The van der Waals surface area contributed by atoms with Crippen molar-refractivity contribution in [2.75, 3.05) is 18.5 Å². The summed E-state index contributed by atoms with van der Waals surface area (Å²) in [5.41, 5.74) is 0.515. The summed E-state index contributed by atoms with van der Waals surface area (Å²) in [6, 6.07) is 5.26. The Morgan fingerprint density at radius 1 is 1.09 bits per heavy atom. The normalized spacial score (nSPS) is 22.9. The third-order valence-corrected chi connectivity index (χ3v) is 3.91. The monoisotopic (exact) mass is 303 g/mol. The quantitative estimate of drug-likeness (QED) is 0.835. The largest absolute Gasteiger partial charge is 0.486 e. The van der Waals surface area contributed by atoms with Crippen molar-refractivity contribution in [3.8, 4) is 11.5 Å². The van der Waals surface area contributed by atoms with Crippen LogP contribution in [-0.2, 0) is 9.59 Å². The van der Waals surface area contributed by atoms with E-state index in [-0.39, 0.29) is 5.91 Å². The first kappa shape index (κ1) is 14.4. The zero-order valence-electron chi connectivity index (χ0n) is 12.0. The molecule has 1 aromatic rings. The van der Waals surface area contributed by atoms with Gasteiger partial charge >= 0.3 is 5.97 Å². The number of ether oxygens (including phenoxy) is 2. The molecule has 1 aliphatic heterocycles. The van der Waals surface area contributed by atoms with E-state index in [2.05, 4.69) is 5.32 Å². The summed E-state index contributed by atoms with van der Waals surface area (Å²) < 4.78 is 11.0. The highest BCUT2D eigenvalue weighted by Crippen LogP contribution is 2.38. The lowest BCUT2D eigenvalue weighted by Gasteiger charge is -2.26. The molecule has 0 aromatic heterocycles. The van der Waals surface area contributed by atoms with E-state index in [0.717, 1.165) is 0 Å². The fourth-order valence-corrected chi connectivity index (χ4v) is 2.77. The van der Waals surface area contributed by atoms with Gasteiger partial charge < -0.3 is 19.9 Å². The van der Waals surface area contributed by atoms with Crippen molar-refractivity contribution in [1.29, 1.82) is 0 Å². The number of rotatable bonds is 3. The first-order chi connectivity index (χ1) is 10.7. The van der Waals surface area contributed by atoms with Gasteiger partial charge in [0.15, 0.2) is 11.5 Å². The molecular weight excluding hydrogens is 286 g/mol. The zero-order chi connectivity index (χ0) is 15.5. The molecular formula is C16H17NO5. The summed E-state index contributed by atoms with van der Waals surface area (Å²) in [7, 11) is 0. The highest BCUT2D eigenvalue weighted by Gasteiger charge is 2.34. The van der Waals surface area contributed by atoms with Crippen molar-refractivity contribution in [2.24, 2.45) is 11.8 Å². The van der Waals surface area contributed by atoms with Crippen LogP contribution < -0.4 is 14.8 Å². The van der Waals surface area contributed by atoms with Gasteiger partial charge in [0.2, 0.25) is 5.91 Å². The number of fused-ring (bicyclic) bond motifs is 1. The predicted octanol–water partition coefficient (Wildman–Crippen LogP) is 2.06. The molecule has 2 aliphatic rings. The van der Waals surface area contributed by atoms with Crippen LogP contribution in [-0.4, -0.2) is 30.2 Å². The lowest BCUT2D eigenvalue weighted by molar-refractivity contribution is -0.146. The van der Waals surface area contributed by atoms with Crippen molar-refractivity contribution in [2.45, 2.75) is 12.8 Å². The lowest BCUT2D eigenvalue weighted by Crippen LogP contribution is -2.35. The second-order valence-electron chi connectivity index (χ2n) is 5.31. The number of anilines is 1. The average Bonchev–Trinajstić information content (AvgIpc) is 2.55. The molecule has 2 N–H and O–H groups in total. The van der Waals surface area contributed by atoms with Crippen molar-refractivity contribution in [3.63, 3.8) is 0 Å². The third kappa shape index (κ3) is 2.77. The fourth-order valence-electron chi connectivity index (χ4n) is 2.77. The first-order valence-corrected chi connectivity index (χ1v) is 7.24. The van der Waals surface area contributed by atoms with E-state index >= 15 is 0 Å². The van der Waals surface area contributed by atoms with E-state index in [1.165, 1.54) is 0 Å². The van der Waals surface area contributed by atoms with Gasteiger partial charge in [0.25, 0.3) is 0 Å². The van der Waals surface area contributed by atoms with E-state index in [0.29, 0.717) is 43.2 Å². The number of amides is 1. The number of hydrogen-bond acceptors (Lipinski definition) is 4. The Morgan fingerprint density at radius 3 is 2.59 bits per heavy atom. The van der Waals surface area contributed by atoms with Gasteiger partial charge in [-0.05, 0) is 25.0 Å². The molecule has 1 heterocycles. The molecule has 0 unspecified atom stereocenters. The Balaban J connectivity index is 1.79. The van der Waals surface area contributed by atoms with E-state index in [1.54, 1.807) is 18.2 Å². The maximum atomic E-state index is 12.5. The number of allylic oxidation sites excluding steroid dienone is 2. The molecule has 22 heavy (non-hydrogen) atoms. The number of nitrogens with one attached hydrogen (secondary N) is 1. The van der Waals surface area contributed by atoms with Crippen LogP contribution in [0.15, 0.2) is 30.4 Å². The number of benzene rings is 1. The zero-order valence-corrected chi connectivity index (χ0v) is 12.0. The van der Waals surface area contributed by atoms with Gasteiger partial charge in [-0.2, -0.15) is 0 Å². The second kappa shape index (κ2) is 6.09. The lowest BCUT2D eigenvalue weighted by atomic mass is 9.82. The number of carbonyl (C=O) groups is 2. The maximum absolute atomic E-state index is 12.5. The first-order valence-electron chi connectivity index (χ1n) is 7.24. The molecule has 116 valence electrons. The van der Waals surface area contributed by atoms with Gasteiger partial charge in [0.05, 0.1) is 17.5 Å². The second-order valence-corrected chi connectivity index (χ2v) is 5.31. The summed E-state index contributed by atoms with van der Waals surface area (Å²) >= 11 is 0. The van der Waals surface area contributed by atoms with Crippen LogP contribution in [0, 0.1) is 11.8 Å². The van der Waals surface area contributed by atoms with Crippen LogP contribution in [0.1, 0.15) is 12.8 Å². The fraction of sp³-hybridized carbons (Fsp3) is 0.375. The van der Waals surface area contributed by atoms with Crippen molar-refractivity contribution < 1.29 is 24.2 Å². The highest BCUT2D eigenvalue weighted by atomic mass is 16.6. The van der Waals surface area contributed by atoms with Crippen molar-refractivity contribution >= 4 is 17.6 Å². The number of para-hydroxylation sites is 1. The highest BCUT2D eigenvalue weighted by molar-refractivity contribution is 5.97. The molecule has 1 aliphatic carbocycles. The van der Waals surface area contributed by atoms with E-state index < -0.39 is 17.8 Å². The molecule has 0 bridgehead atoms. The van der Waals surface area contributed by atoms with Gasteiger partial charge in [0, 0.05) is 0 Å². The van der Waals surface area contributed by atoms with E-state index in [1.807, 2.05) is 12.2 Å². The summed E-state index contributed by atoms with van der Waals surface area (Å²) in [6.45, 7) is 0.892. The maximum Gasteiger partial charge on any atom is 0.307 e. The van der Waals surface area contributed by atoms with Crippen molar-refractivity contribution in [3.05, 3.63) is 30.4 Å². The van der Waals surface area contributed by atoms with Gasteiger partial charge in [-0.15, -0.1) is 0 Å². The van der Waals surface area contributed by atoms with Gasteiger partial charge in [-0.1, -0.05) is 18.2 Å². The van der Waals surface area contributed by atoms with Gasteiger partial charge in [0.1, 0.15) is 13.2 Å². The van der Waals surface area contributed by atoms with Crippen LogP contribution >= 0.6 is 0 Å². The molecule has 0 saturated heterocycles. The number of carbonyl (C=O) groups excluding carboxylic acids is 1. The molecule has 3 rings (SSSR count). The van der Waals surface area contributed by atoms with Crippen LogP contribution in [0.3, 0.4) is 0 Å². The smallest absolute Gasteiger partial charge is 0.307 e. The van der Waals surface area contributed by atoms with Crippen LogP contribution in [0.2, 0.25) is 0 Å². The molecule has 2 atom stereocenters. The van der Waals surface area contributed by atoms with Crippen molar-refractivity contribution in [1.82, 2.24) is 0 Å². The number of carboxylic acids is 1. The molecule has 0 fully saturated rings. The molecule has 6 heteroatoms. The molecule has 0 saturated carbocycles. The average molecular weight is 303 g/mol. The third-order valence-electron chi connectivity index (χ3n) is 3.91. The van der Waals surface area contributed by atoms with Gasteiger partial charge in [-0.25, -0.2) is 0 Å². The molecule has 1 aromatic carbocycles. The standard InChI is InChI=1S/C16H17NO5/c18-15(10-4-1-2-5-11(10)16(19)20)17-12-6-3-7-13-14(12)22-9-8-21-13/h1-3,6-7,10-11H,4-5,8-9H2,(H,17,18)(H,19,20)/t10-,11-/m0/s1. The van der Waals surface area contributed by atoms with E-state index in [9.17, 15) is 14.7 Å². The SMILES string of the molecule is O=C(O)[C@H]1CC=CC[C@@H]1C(=O)Nc1cccc2c1OCCO2.